The number of phenolic OH excluding ortho intramolecular Hbond substituents is 2. The Morgan fingerprint density at radius 1 is 0.527 bits per heavy atom. The fraction of sp³-hybridized carbons (Fsp3) is 0.333. The van der Waals surface area contributed by atoms with Gasteiger partial charge in [-0.05, 0) is 88.9 Å². The smallest absolute Gasteiger partial charge is 0.326 e. The normalized spacial score (nSPS) is 14.1. The van der Waals surface area contributed by atoms with Crippen LogP contribution in [0.1, 0.15) is 60.2 Å². The fourth-order valence-corrected chi connectivity index (χ4v) is 10.5. The summed E-state index contributed by atoms with van der Waals surface area (Å²) in [5.74, 6) is -7.92. The highest BCUT2D eigenvalue weighted by Crippen LogP contribution is 2.21. The summed E-state index contributed by atoms with van der Waals surface area (Å²) in [4.78, 5) is 137. The van der Waals surface area contributed by atoms with Gasteiger partial charge in [-0.3, -0.25) is 38.4 Å². The van der Waals surface area contributed by atoms with Crippen molar-refractivity contribution < 1.29 is 58.5 Å². The zero-order valence-electron chi connectivity index (χ0n) is 50.6. The highest BCUT2D eigenvalue weighted by Gasteiger charge is 2.36. The zero-order chi connectivity index (χ0) is 65.4. The first kappa shape index (κ1) is 68.5. The molecule has 0 aliphatic carbocycles. The van der Waals surface area contributed by atoms with Crippen LogP contribution >= 0.6 is 11.8 Å². The number of aromatic amines is 2. The summed E-state index contributed by atoms with van der Waals surface area (Å²) in [5.41, 5.74) is 10.3. The second-order valence-electron chi connectivity index (χ2n) is 22.2. The summed E-state index contributed by atoms with van der Waals surface area (Å²) in [6, 6.07) is 26.1. The Kier molecular flexibility index (Phi) is 25.7. The predicted molar refractivity (Wildman–Crippen MR) is 343 cm³/mol. The number of benzene rings is 5. The van der Waals surface area contributed by atoms with E-state index in [0.29, 0.717) is 40.1 Å². The van der Waals surface area contributed by atoms with Gasteiger partial charge in [0.05, 0.1) is 18.9 Å². The van der Waals surface area contributed by atoms with Gasteiger partial charge in [-0.1, -0.05) is 123 Å². The Bertz CT molecular complexity index is 3560. The maximum Gasteiger partial charge on any atom is 0.326 e. The Balaban J connectivity index is 1.14. The van der Waals surface area contributed by atoms with E-state index in [9.17, 15) is 58.5 Å². The maximum atomic E-state index is 15.0. The van der Waals surface area contributed by atoms with Gasteiger partial charge >= 0.3 is 5.97 Å². The van der Waals surface area contributed by atoms with Gasteiger partial charge in [0.2, 0.25) is 47.3 Å². The van der Waals surface area contributed by atoms with Crippen molar-refractivity contribution in [3.05, 3.63) is 186 Å². The van der Waals surface area contributed by atoms with Gasteiger partial charge in [0.25, 0.3) is 0 Å². The number of aliphatic carboxylic acids is 1. The number of carbonyl (C=O) groups is 9. The van der Waals surface area contributed by atoms with Crippen molar-refractivity contribution in [1.82, 2.24) is 57.5 Å². The molecule has 0 fully saturated rings. The largest absolute Gasteiger partial charge is 0.508 e. The molecule has 15 N–H and O–H groups in total. The highest BCUT2D eigenvalue weighted by atomic mass is 32.2. The second kappa shape index (κ2) is 34.1. The quantitative estimate of drug-likeness (QED) is 0.0276. The number of phenols is 2. The third kappa shape index (κ3) is 21.1. The number of nitrogens with two attached hydrogens (primary N) is 1. The number of imidazole rings is 1. The topological polar surface area (TPSA) is 381 Å². The van der Waals surface area contributed by atoms with Crippen molar-refractivity contribution in [3.63, 3.8) is 0 Å². The average molecular weight is 1260 g/mol. The first-order valence-corrected chi connectivity index (χ1v) is 31.2. The number of hydrogen-bond acceptors (Lipinski definition) is 14. The minimum Gasteiger partial charge on any atom is -0.508 e. The number of carboxylic acid groups (broad SMARTS) is 1. The van der Waals surface area contributed by atoms with Crippen molar-refractivity contribution in [1.29, 1.82) is 0 Å². The molecule has 7 rings (SSSR count). The lowest BCUT2D eigenvalue weighted by Crippen LogP contribution is -2.61. The molecule has 0 aliphatic rings. The number of para-hydroxylation sites is 1. The Hall–Kier alpha value is -10.0. The van der Waals surface area contributed by atoms with Crippen LogP contribution in [0, 0.1) is 5.92 Å². The van der Waals surface area contributed by atoms with Gasteiger partial charge < -0.3 is 73.6 Å². The number of fused-ring (bicyclic) bond motifs is 1. The Morgan fingerprint density at radius 2 is 0.978 bits per heavy atom. The molecule has 8 amide bonds. The molecule has 5 aromatic carbocycles. The van der Waals surface area contributed by atoms with Gasteiger partial charge in [-0.25, -0.2) is 9.78 Å². The van der Waals surface area contributed by atoms with E-state index >= 15 is 0 Å². The molecule has 25 heteroatoms. The molecule has 480 valence electrons. The molecule has 0 radical (unpaired) electrons. The van der Waals surface area contributed by atoms with Crippen LogP contribution < -0.4 is 48.3 Å². The Labute approximate surface area is 530 Å². The molecule has 0 aliphatic heterocycles. The van der Waals surface area contributed by atoms with Crippen LogP contribution in [0.4, 0.5) is 0 Å². The van der Waals surface area contributed by atoms with Crippen molar-refractivity contribution in [2.24, 2.45) is 11.7 Å². The number of carbonyl (C=O) groups excluding carboxylic acids is 8. The second-order valence-corrected chi connectivity index (χ2v) is 23.2. The Morgan fingerprint density at radius 3 is 1.47 bits per heavy atom. The van der Waals surface area contributed by atoms with Crippen LogP contribution in [0.25, 0.3) is 10.9 Å². The van der Waals surface area contributed by atoms with Crippen LogP contribution in [0.5, 0.6) is 11.5 Å². The van der Waals surface area contributed by atoms with E-state index in [1.165, 1.54) is 72.8 Å². The third-order valence-electron chi connectivity index (χ3n) is 15.4. The first-order chi connectivity index (χ1) is 43.8. The lowest BCUT2D eigenvalue weighted by atomic mass is 9.97. The summed E-state index contributed by atoms with van der Waals surface area (Å²) < 4.78 is 0. The third-order valence-corrected chi connectivity index (χ3v) is 16.0. The molecule has 9 atom stereocenters. The molecule has 2 aromatic heterocycles. The van der Waals surface area contributed by atoms with E-state index < -0.39 is 114 Å². The number of aromatic nitrogens is 3. The number of carboxylic acids is 1. The lowest BCUT2D eigenvalue weighted by Gasteiger charge is -2.28. The first-order valence-electron chi connectivity index (χ1n) is 29.8. The number of nitrogens with zero attached hydrogens (tertiary/aromatic N) is 1. The minimum atomic E-state index is -1.49. The summed E-state index contributed by atoms with van der Waals surface area (Å²) in [5, 5.41) is 53.0. The van der Waals surface area contributed by atoms with Crippen LogP contribution in [0.3, 0.4) is 0 Å². The zero-order valence-corrected chi connectivity index (χ0v) is 51.5. The van der Waals surface area contributed by atoms with Crippen molar-refractivity contribution in [3.8, 4) is 11.5 Å². The number of aromatic hydroxyl groups is 2. The predicted octanol–water partition coefficient (Wildman–Crippen LogP) is 2.78. The van der Waals surface area contributed by atoms with Gasteiger partial charge in [-0.2, -0.15) is 11.8 Å². The molecule has 7 aromatic rings. The van der Waals surface area contributed by atoms with E-state index in [4.69, 9.17) is 5.73 Å². The summed E-state index contributed by atoms with van der Waals surface area (Å²) in [6.07, 6.45) is 6.20. The van der Waals surface area contributed by atoms with Gasteiger partial charge in [0, 0.05) is 61.1 Å². The number of H-pyrrole nitrogens is 2. The number of thioether (sulfide) groups is 1. The van der Waals surface area contributed by atoms with E-state index in [-0.39, 0.29) is 56.4 Å². The maximum absolute atomic E-state index is 15.0. The van der Waals surface area contributed by atoms with Gasteiger partial charge in [-0.15, -0.1) is 0 Å². The molecular formula is C66H78N12O12S. The van der Waals surface area contributed by atoms with Gasteiger partial charge in [0.1, 0.15) is 53.8 Å². The molecule has 24 nitrogen and oxygen atoms in total. The van der Waals surface area contributed by atoms with E-state index in [2.05, 4.69) is 57.5 Å². The summed E-state index contributed by atoms with van der Waals surface area (Å²) >= 11 is 1.37. The monoisotopic (exact) mass is 1260 g/mol. The lowest BCUT2D eigenvalue weighted by molar-refractivity contribution is -0.143. The fourth-order valence-electron chi connectivity index (χ4n) is 10.1. The number of rotatable bonds is 34. The molecule has 91 heavy (non-hydrogen) atoms. The van der Waals surface area contributed by atoms with Crippen LogP contribution in [0.2, 0.25) is 0 Å². The van der Waals surface area contributed by atoms with Crippen LogP contribution in [-0.2, 0) is 81.7 Å². The average Bonchev–Trinajstić information content (AvgIpc) is 2.32. The summed E-state index contributed by atoms with van der Waals surface area (Å²) in [7, 11) is 0. The molecule has 0 spiro atoms. The molecule has 0 saturated heterocycles. The molecule has 0 saturated carbocycles. The van der Waals surface area contributed by atoms with Crippen molar-refractivity contribution in [2.45, 2.75) is 114 Å². The number of amides is 8. The molecule has 0 bridgehead atoms. The molecule has 0 unspecified atom stereocenters. The molecule has 2 heterocycles. The van der Waals surface area contributed by atoms with E-state index in [1.54, 1.807) is 68.8 Å². The van der Waals surface area contributed by atoms with E-state index in [0.717, 1.165) is 16.5 Å². The van der Waals surface area contributed by atoms with Crippen LogP contribution in [-0.4, -0.2) is 150 Å². The number of nitrogens with one attached hydrogen (secondary N) is 10. The minimum absolute atomic E-state index is 0.0171. The number of hydrogen-bond donors (Lipinski definition) is 14. The summed E-state index contributed by atoms with van der Waals surface area (Å²) in [6.45, 7) is 2.92. The van der Waals surface area contributed by atoms with Crippen molar-refractivity contribution in [2.75, 3.05) is 18.6 Å². The van der Waals surface area contributed by atoms with Gasteiger partial charge in [0.15, 0.2) is 0 Å². The standard InChI is InChI=1S/C66H78N12O12S/c1-4-39(2)58(66(89)90)78-65(88)55(33-44-35-69-50-18-12-11-17-48(44)50)77-63(86)52(30-41-15-9-6-10-16-41)74-60(83)51(27-28-91-3)73-61(84)53(31-42-19-23-46(79)24-20-42)75-62(85)54(32-43-21-25-47(80)26-22-43)76-64(87)56(34-45-36-68-38-71-45)72-57(81)37-70-59(82)49(67)29-40-13-7-5-8-14-40/h5-26,35-36,38-39,49,51-56,58,69,79-80H,4,27-34,37,67H2,1-3H3,(H,68,71)(H,70,82)(H,72,81)(H,73,84)(H,74,83)(H,75,85)(H,76,87)(H,77,86)(H,78,88)(H,89,90)/t39-,49-,51-,52-,53-,54-,55-,56-,58-/m0/s1. The molecular weight excluding hydrogens is 1180 g/mol. The highest BCUT2D eigenvalue weighted by molar-refractivity contribution is 7.98. The SMILES string of the molecule is CC[C@H](C)[C@H](NC(=O)[C@H](Cc1c[nH]c2ccccc12)NC(=O)[C@H](Cc1ccccc1)NC(=O)[C@H](CCSC)NC(=O)[C@H](Cc1ccc(O)cc1)NC(=O)[C@H](Cc1ccc(O)cc1)NC(=O)[C@H](Cc1cnc[nH]1)NC(=O)CNC(=O)[C@@H](N)Cc1ccccc1)C(=O)O. The van der Waals surface area contributed by atoms with E-state index in [1.807, 2.05) is 42.5 Å². The van der Waals surface area contributed by atoms with Crippen molar-refractivity contribution >= 4 is 75.9 Å². The van der Waals surface area contributed by atoms with Crippen LogP contribution in [0.15, 0.2) is 152 Å².